The number of hydrogen-bond donors (Lipinski definition) is 2. The molecule has 1 atom stereocenters. The zero-order chi connectivity index (χ0) is 26.2. The summed E-state index contributed by atoms with van der Waals surface area (Å²) >= 11 is 0. The van der Waals surface area contributed by atoms with Crippen molar-refractivity contribution in [3.05, 3.63) is 77.4 Å². The van der Waals surface area contributed by atoms with Crippen molar-refractivity contribution >= 4 is 16.9 Å². The fourth-order valence-electron chi connectivity index (χ4n) is 4.47. The van der Waals surface area contributed by atoms with Crippen LogP contribution in [0, 0.1) is 28.9 Å². The minimum absolute atomic E-state index is 0.107. The monoisotopic (exact) mass is 509 g/mol. The van der Waals surface area contributed by atoms with Crippen LogP contribution in [0.5, 0.6) is 0 Å². The second-order valence-electron chi connectivity index (χ2n) is 8.86. The largest absolute Gasteiger partial charge is 0.417 e. The Morgan fingerprint density at radius 2 is 1.81 bits per heavy atom. The molecule has 0 radical (unpaired) electrons. The average molecular weight is 509 g/mol. The highest BCUT2D eigenvalue weighted by Gasteiger charge is 2.34. The van der Waals surface area contributed by atoms with Crippen LogP contribution in [0.25, 0.3) is 33.3 Å². The van der Waals surface area contributed by atoms with Gasteiger partial charge in [0.05, 0.1) is 22.3 Å². The SMILES string of the molecule is N#Cc1ccc(-c2nc(NC[C@H]3CCNC3)nc3ccc(-c4cc(F)ccc4C(F)(F)F)cc23)cc1F. The molecule has 5 nitrogen and oxygen atoms in total. The molecular weight excluding hydrogens is 489 g/mol. The number of nitrogens with one attached hydrogen (secondary N) is 2. The Balaban J connectivity index is 1.67. The molecule has 188 valence electrons. The summed E-state index contributed by atoms with van der Waals surface area (Å²) < 4.78 is 69.5. The lowest BCUT2D eigenvalue weighted by Gasteiger charge is -2.16. The lowest BCUT2D eigenvalue weighted by Crippen LogP contribution is -2.18. The average Bonchev–Trinajstić information content (AvgIpc) is 3.39. The first-order chi connectivity index (χ1) is 17.7. The van der Waals surface area contributed by atoms with Crippen LogP contribution >= 0.6 is 0 Å². The van der Waals surface area contributed by atoms with Crippen molar-refractivity contribution in [1.29, 1.82) is 5.26 Å². The third kappa shape index (κ3) is 5.08. The maximum atomic E-state index is 14.5. The molecule has 1 saturated heterocycles. The van der Waals surface area contributed by atoms with Crippen molar-refractivity contribution in [1.82, 2.24) is 15.3 Å². The first kappa shape index (κ1) is 24.6. The standard InChI is InChI=1S/C27H20F5N5/c28-19-4-5-22(27(30,31)32)20(11-19)16-3-6-24-21(9-16)25(17-1-2-18(12-33)23(29)10-17)37-26(36-24)35-14-15-7-8-34-13-15/h1-6,9-11,15,34H,7-8,13-14H2,(H,35,36,37)/t15-/m0/s1. The molecule has 4 aromatic rings. The third-order valence-corrected chi connectivity index (χ3v) is 6.37. The summed E-state index contributed by atoms with van der Waals surface area (Å²) in [5, 5.41) is 15.9. The predicted octanol–water partition coefficient (Wildman–Crippen LogP) is 6.15. The number of benzene rings is 3. The molecule has 0 bridgehead atoms. The van der Waals surface area contributed by atoms with Gasteiger partial charge in [0.1, 0.15) is 17.7 Å². The van der Waals surface area contributed by atoms with Gasteiger partial charge in [0.2, 0.25) is 5.95 Å². The molecule has 5 rings (SSSR count). The summed E-state index contributed by atoms with van der Waals surface area (Å²) in [5.74, 6) is -0.895. The summed E-state index contributed by atoms with van der Waals surface area (Å²) in [4.78, 5) is 9.08. The molecule has 2 N–H and O–H groups in total. The first-order valence-corrected chi connectivity index (χ1v) is 11.6. The molecule has 0 spiro atoms. The van der Waals surface area contributed by atoms with E-state index in [4.69, 9.17) is 5.26 Å². The van der Waals surface area contributed by atoms with Gasteiger partial charge in [0.15, 0.2) is 0 Å². The molecule has 1 aromatic heterocycles. The minimum Gasteiger partial charge on any atom is -0.354 e. The molecule has 0 saturated carbocycles. The van der Waals surface area contributed by atoms with Crippen LogP contribution < -0.4 is 10.6 Å². The van der Waals surface area contributed by atoms with Crippen molar-refractivity contribution in [3.63, 3.8) is 0 Å². The number of aromatic nitrogens is 2. The first-order valence-electron chi connectivity index (χ1n) is 11.6. The highest BCUT2D eigenvalue weighted by Crippen LogP contribution is 2.39. The number of nitrogens with zero attached hydrogens (tertiary/aromatic N) is 3. The van der Waals surface area contributed by atoms with E-state index in [1.54, 1.807) is 6.07 Å². The highest BCUT2D eigenvalue weighted by molar-refractivity contribution is 5.96. The Hall–Kier alpha value is -4.10. The number of hydrogen-bond acceptors (Lipinski definition) is 5. The van der Waals surface area contributed by atoms with Crippen molar-refractivity contribution in [2.75, 3.05) is 25.0 Å². The topological polar surface area (TPSA) is 73.6 Å². The Labute approximate surface area is 209 Å². The fourth-order valence-corrected chi connectivity index (χ4v) is 4.47. The number of rotatable bonds is 5. The van der Waals surface area contributed by atoms with Crippen LogP contribution in [-0.2, 0) is 6.18 Å². The van der Waals surface area contributed by atoms with E-state index in [-0.39, 0.29) is 28.3 Å². The summed E-state index contributed by atoms with van der Waals surface area (Å²) in [6.07, 6.45) is -3.71. The van der Waals surface area contributed by atoms with Gasteiger partial charge in [-0.3, -0.25) is 0 Å². The van der Waals surface area contributed by atoms with Crippen LogP contribution in [0.3, 0.4) is 0 Å². The van der Waals surface area contributed by atoms with Gasteiger partial charge < -0.3 is 10.6 Å². The number of fused-ring (bicyclic) bond motifs is 1. The van der Waals surface area contributed by atoms with Crippen LogP contribution in [0.15, 0.2) is 54.6 Å². The molecule has 1 aliphatic rings. The van der Waals surface area contributed by atoms with Crippen molar-refractivity contribution in [2.24, 2.45) is 5.92 Å². The molecule has 3 aromatic carbocycles. The van der Waals surface area contributed by atoms with E-state index in [2.05, 4.69) is 20.6 Å². The Kier molecular flexibility index (Phi) is 6.48. The molecule has 10 heteroatoms. The third-order valence-electron chi connectivity index (χ3n) is 6.37. The quantitative estimate of drug-likeness (QED) is 0.316. The zero-order valence-electron chi connectivity index (χ0n) is 19.3. The second kappa shape index (κ2) is 9.75. The molecule has 37 heavy (non-hydrogen) atoms. The number of alkyl halides is 3. The van der Waals surface area contributed by atoms with Gasteiger partial charge in [-0.2, -0.15) is 18.4 Å². The molecule has 1 aliphatic heterocycles. The Morgan fingerprint density at radius 3 is 2.51 bits per heavy atom. The normalized spacial score (nSPS) is 15.6. The van der Waals surface area contributed by atoms with Gasteiger partial charge in [-0.1, -0.05) is 12.1 Å². The van der Waals surface area contributed by atoms with Gasteiger partial charge in [0, 0.05) is 17.5 Å². The summed E-state index contributed by atoms with van der Waals surface area (Å²) in [6.45, 7) is 2.38. The van der Waals surface area contributed by atoms with Crippen LogP contribution in [0.4, 0.5) is 27.9 Å². The number of anilines is 1. The smallest absolute Gasteiger partial charge is 0.354 e. The van der Waals surface area contributed by atoms with Gasteiger partial charge in [-0.05, 0) is 79.0 Å². The van der Waals surface area contributed by atoms with E-state index < -0.39 is 23.4 Å². The van der Waals surface area contributed by atoms with Crippen LogP contribution in [0.2, 0.25) is 0 Å². The fraction of sp³-hybridized carbons (Fsp3) is 0.222. The minimum atomic E-state index is -4.70. The van der Waals surface area contributed by atoms with Gasteiger partial charge in [-0.25, -0.2) is 18.7 Å². The van der Waals surface area contributed by atoms with E-state index in [1.165, 1.54) is 30.3 Å². The predicted molar refractivity (Wildman–Crippen MR) is 130 cm³/mol. The van der Waals surface area contributed by atoms with E-state index in [9.17, 15) is 22.0 Å². The summed E-state index contributed by atoms with van der Waals surface area (Å²) in [6, 6.07) is 12.5. The number of nitriles is 1. The van der Waals surface area contributed by atoms with Crippen LogP contribution in [-0.4, -0.2) is 29.6 Å². The molecule has 0 unspecified atom stereocenters. The summed E-state index contributed by atoms with van der Waals surface area (Å²) in [5.41, 5.74) is -0.351. The Morgan fingerprint density at radius 1 is 1.00 bits per heavy atom. The van der Waals surface area contributed by atoms with E-state index in [0.717, 1.165) is 37.7 Å². The summed E-state index contributed by atoms with van der Waals surface area (Å²) in [7, 11) is 0. The van der Waals surface area contributed by atoms with Crippen molar-refractivity contribution in [2.45, 2.75) is 12.6 Å². The highest BCUT2D eigenvalue weighted by atomic mass is 19.4. The van der Waals surface area contributed by atoms with Crippen LogP contribution in [0.1, 0.15) is 17.5 Å². The molecule has 2 heterocycles. The van der Waals surface area contributed by atoms with E-state index in [0.29, 0.717) is 35.0 Å². The maximum Gasteiger partial charge on any atom is 0.417 e. The van der Waals surface area contributed by atoms with Crippen molar-refractivity contribution < 1.29 is 22.0 Å². The molecule has 1 fully saturated rings. The van der Waals surface area contributed by atoms with Gasteiger partial charge in [-0.15, -0.1) is 0 Å². The second-order valence-corrected chi connectivity index (χ2v) is 8.86. The van der Waals surface area contributed by atoms with E-state index in [1.807, 2.05) is 0 Å². The Bertz CT molecular complexity index is 1520. The van der Waals surface area contributed by atoms with Crippen molar-refractivity contribution in [3.8, 4) is 28.5 Å². The lowest BCUT2D eigenvalue weighted by molar-refractivity contribution is -0.137. The maximum absolute atomic E-state index is 14.5. The molecule has 0 amide bonds. The number of halogens is 5. The molecular formula is C27H20F5N5. The van der Waals surface area contributed by atoms with E-state index >= 15 is 0 Å². The molecule has 0 aliphatic carbocycles. The van der Waals surface area contributed by atoms with Gasteiger partial charge in [0.25, 0.3) is 0 Å². The lowest BCUT2D eigenvalue weighted by atomic mass is 9.96. The zero-order valence-corrected chi connectivity index (χ0v) is 19.3. The van der Waals surface area contributed by atoms with Gasteiger partial charge >= 0.3 is 6.18 Å².